The van der Waals surface area contributed by atoms with Crippen LogP contribution in [0.25, 0.3) is 0 Å². The van der Waals surface area contributed by atoms with Gasteiger partial charge in [-0.3, -0.25) is 9.59 Å². The van der Waals surface area contributed by atoms with Gasteiger partial charge in [0.05, 0.1) is 12.1 Å². The van der Waals surface area contributed by atoms with Crippen LogP contribution in [0, 0.1) is 6.92 Å². The Morgan fingerprint density at radius 3 is 2.61 bits per heavy atom. The second-order valence-corrected chi connectivity index (χ2v) is 4.72. The average Bonchev–Trinajstić information content (AvgIpc) is 2.38. The van der Waals surface area contributed by atoms with Crippen LogP contribution in [0.3, 0.4) is 0 Å². The molecule has 0 spiro atoms. The molecule has 1 aromatic rings. The molecule has 1 N–H and O–H groups in total. The topological polar surface area (TPSA) is 49.4 Å². The van der Waals surface area contributed by atoms with E-state index >= 15 is 0 Å². The summed E-state index contributed by atoms with van der Waals surface area (Å²) in [5.41, 5.74) is 1.58. The molecule has 0 aliphatic rings. The molecule has 0 bridgehead atoms. The van der Waals surface area contributed by atoms with Crippen LogP contribution in [0.15, 0.2) is 22.7 Å². The number of halogens is 1. The Morgan fingerprint density at radius 1 is 1.39 bits per heavy atom. The highest BCUT2D eigenvalue weighted by Gasteiger charge is 2.19. The van der Waals surface area contributed by atoms with Gasteiger partial charge >= 0.3 is 0 Å². The van der Waals surface area contributed by atoms with Crippen molar-refractivity contribution in [2.75, 3.05) is 20.1 Å². The van der Waals surface area contributed by atoms with Gasteiger partial charge in [-0.2, -0.15) is 0 Å². The Morgan fingerprint density at radius 2 is 2.06 bits per heavy atom. The van der Waals surface area contributed by atoms with Crippen LogP contribution in [0.4, 0.5) is 0 Å². The maximum absolute atomic E-state index is 12.3. The molecule has 4 nitrogen and oxygen atoms in total. The van der Waals surface area contributed by atoms with Gasteiger partial charge in [0.2, 0.25) is 5.91 Å². The molecule has 0 saturated heterocycles. The number of nitrogens with one attached hydrogen (secondary N) is 1. The predicted molar refractivity (Wildman–Crippen MR) is 74.5 cm³/mol. The molecule has 0 saturated carbocycles. The lowest BCUT2D eigenvalue weighted by molar-refractivity contribution is -0.121. The van der Waals surface area contributed by atoms with Crippen LogP contribution in [0.5, 0.6) is 0 Å². The maximum Gasteiger partial charge on any atom is 0.255 e. The normalized spacial score (nSPS) is 10.0. The first kappa shape index (κ1) is 14.7. The summed E-state index contributed by atoms with van der Waals surface area (Å²) in [6.07, 6.45) is 0. The summed E-state index contributed by atoms with van der Waals surface area (Å²) in [7, 11) is 1.56. The van der Waals surface area contributed by atoms with Crippen LogP contribution in [-0.4, -0.2) is 36.9 Å². The quantitative estimate of drug-likeness (QED) is 0.924. The number of amides is 2. The molecule has 1 aromatic carbocycles. The van der Waals surface area contributed by atoms with Gasteiger partial charge < -0.3 is 10.2 Å². The van der Waals surface area contributed by atoms with Crippen molar-refractivity contribution in [3.8, 4) is 0 Å². The van der Waals surface area contributed by atoms with Crippen LogP contribution >= 0.6 is 15.9 Å². The monoisotopic (exact) mass is 312 g/mol. The number of hydrogen-bond donors (Lipinski definition) is 1. The van der Waals surface area contributed by atoms with E-state index in [1.54, 1.807) is 13.1 Å². The zero-order valence-corrected chi connectivity index (χ0v) is 12.4. The largest absolute Gasteiger partial charge is 0.358 e. The number of benzene rings is 1. The van der Waals surface area contributed by atoms with Crippen molar-refractivity contribution >= 4 is 27.7 Å². The maximum atomic E-state index is 12.3. The summed E-state index contributed by atoms with van der Waals surface area (Å²) in [5, 5.41) is 2.52. The molecule has 18 heavy (non-hydrogen) atoms. The minimum absolute atomic E-state index is 0.0756. The molecule has 98 valence electrons. The van der Waals surface area contributed by atoms with Crippen molar-refractivity contribution in [3.63, 3.8) is 0 Å². The molecule has 0 aliphatic carbocycles. The number of carbonyl (C=O) groups is 2. The SMILES string of the molecule is CCN(CC(=O)NC)C(=O)c1cccc(C)c1Br. The minimum Gasteiger partial charge on any atom is -0.358 e. The smallest absolute Gasteiger partial charge is 0.255 e. The molecule has 0 atom stereocenters. The molecule has 5 heteroatoms. The fourth-order valence-corrected chi connectivity index (χ4v) is 2.00. The van der Waals surface area contributed by atoms with Gasteiger partial charge in [-0.15, -0.1) is 0 Å². The zero-order chi connectivity index (χ0) is 13.7. The highest BCUT2D eigenvalue weighted by molar-refractivity contribution is 9.10. The van der Waals surface area contributed by atoms with Gasteiger partial charge in [-0.25, -0.2) is 0 Å². The third-order valence-corrected chi connectivity index (χ3v) is 3.76. The highest BCUT2D eigenvalue weighted by Crippen LogP contribution is 2.22. The van der Waals surface area contributed by atoms with Crippen LogP contribution in [0.1, 0.15) is 22.8 Å². The Bertz CT molecular complexity index is 460. The molecule has 0 unspecified atom stereocenters. The van der Waals surface area contributed by atoms with Gasteiger partial charge in [0.1, 0.15) is 0 Å². The molecular formula is C13H17BrN2O2. The first-order chi connectivity index (χ1) is 8.51. The predicted octanol–water partition coefficient (Wildman–Crippen LogP) is 1.97. The van der Waals surface area contributed by atoms with Crippen molar-refractivity contribution < 1.29 is 9.59 Å². The molecule has 0 radical (unpaired) electrons. The molecule has 0 aliphatic heterocycles. The van der Waals surface area contributed by atoms with Crippen molar-refractivity contribution in [3.05, 3.63) is 33.8 Å². The summed E-state index contributed by atoms with van der Waals surface area (Å²) in [6.45, 7) is 4.35. The first-order valence-electron chi connectivity index (χ1n) is 5.76. The van der Waals surface area contributed by atoms with Gasteiger partial charge in [-0.1, -0.05) is 12.1 Å². The summed E-state index contributed by atoms with van der Waals surface area (Å²) in [4.78, 5) is 25.2. The number of aryl methyl sites for hydroxylation is 1. The van der Waals surface area contributed by atoms with Crippen molar-refractivity contribution in [1.82, 2.24) is 10.2 Å². The van der Waals surface area contributed by atoms with E-state index in [1.807, 2.05) is 26.0 Å². The summed E-state index contributed by atoms with van der Waals surface area (Å²) >= 11 is 3.41. The Labute approximate surface area is 115 Å². The van der Waals surface area contributed by atoms with E-state index in [9.17, 15) is 9.59 Å². The molecular weight excluding hydrogens is 296 g/mol. The van der Waals surface area contributed by atoms with E-state index in [0.29, 0.717) is 12.1 Å². The standard InChI is InChI=1S/C13H17BrN2O2/c1-4-16(8-11(17)15-3)13(18)10-7-5-6-9(2)12(10)14/h5-7H,4,8H2,1-3H3,(H,15,17). The van der Waals surface area contributed by atoms with E-state index in [4.69, 9.17) is 0 Å². The van der Waals surface area contributed by atoms with Gasteiger partial charge in [0.25, 0.3) is 5.91 Å². The van der Waals surface area contributed by atoms with Gasteiger partial charge in [0.15, 0.2) is 0 Å². The van der Waals surface area contributed by atoms with E-state index in [1.165, 1.54) is 4.90 Å². The lowest BCUT2D eigenvalue weighted by Gasteiger charge is -2.20. The average molecular weight is 313 g/mol. The van der Waals surface area contributed by atoms with Crippen LogP contribution < -0.4 is 5.32 Å². The molecule has 0 fully saturated rings. The Hall–Kier alpha value is -1.36. The summed E-state index contributed by atoms with van der Waals surface area (Å²) in [6, 6.07) is 5.52. The number of carbonyl (C=O) groups excluding carboxylic acids is 2. The number of likely N-dealkylation sites (N-methyl/N-ethyl adjacent to an activating group) is 2. The summed E-state index contributed by atoms with van der Waals surface area (Å²) in [5.74, 6) is -0.314. The lowest BCUT2D eigenvalue weighted by atomic mass is 10.1. The fraction of sp³-hybridized carbons (Fsp3) is 0.385. The molecule has 1 rings (SSSR count). The van der Waals surface area contributed by atoms with Gasteiger partial charge in [0, 0.05) is 18.1 Å². The van der Waals surface area contributed by atoms with E-state index < -0.39 is 0 Å². The highest BCUT2D eigenvalue weighted by atomic mass is 79.9. The zero-order valence-electron chi connectivity index (χ0n) is 10.8. The lowest BCUT2D eigenvalue weighted by Crippen LogP contribution is -2.39. The number of hydrogen-bond acceptors (Lipinski definition) is 2. The summed E-state index contributed by atoms with van der Waals surface area (Å²) < 4.78 is 0.783. The number of nitrogens with zero attached hydrogens (tertiary/aromatic N) is 1. The first-order valence-corrected chi connectivity index (χ1v) is 6.55. The van der Waals surface area contributed by atoms with E-state index in [0.717, 1.165) is 10.0 Å². The molecule has 0 aromatic heterocycles. The Balaban J connectivity index is 2.97. The second-order valence-electron chi connectivity index (χ2n) is 3.93. The third-order valence-electron chi connectivity index (χ3n) is 2.70. The third kappa shape index (κ3) is 3.32. The van der Waals surface area contributed by atoms with E-state index in [2.05, 4.69) is 21.2 Å². The van der Waals surface area contributed by atoms with Gasteiger partial charge in [-0.05, 0) is 41.4 Å². The van der Waals surface area contributed by atoms with Crippen LogP contribution in [0.2, 0.25) is 0 Å². The Kier molecular flexibility index (Phi) is 5.34. The van der Waals surface area contributed by atoms with Crippen molar-refractivity contribution in [2.24, 2.45) is 0 Å². The minimum atomic E-state index is -0.172. The number of rotatable bonds is 4. The fourth-order valence-electron chi connectivity index (χ4n) is 1.56. The molecule has 0 heterocycles. The van der Waals surface area contributed by atoms with Crippen molar-refractivity contribution in [2.45, 2.75) is 13.8 Å². The van der Waals surface area contributed by atoms with Crippen LogP contribution in [-0.2, 0) is 4.79 Å². The second kappa shape index (κ2) is 6.54. The molecule has 2 amide bonds. The van der Waals surface area contributed by atoms with E-state index in [-0.39, 0.29) is 18.4 Å². The van der Waals surface area contributed by atoms with Crippen molar-refractivity contribution in [1.29, 1.82) is 0 Å².